The zero-order valence-corrected chi connectivity index (χ0v) is 8.74. The summed E-state index contributed by atoms with van der Waals surface area (Å²) in [5.74, 6) is 0.381. The molecule has 0 aliphatic carbocycles. The first-order chi connectivity index (χ1) is 7.18. The van der Waals surface area contributed by atoms with Crippen LogP contribution in [-0.2, 0) is 0 Å². The third-order valence-electron chi connectivity index (χ3n) is 2.27. The van der Waals surface area contributed by atoms with E-state index in [0.717, 1.165) is 17.0 Å². The summed E-state index contributed by atoms with van der Waals surface area (Å²) >= 11 is 0. The van der Waals surface area contributed by atoms with Crippen LogP contribution in [0.5, 0.6) is 0 Å². The van der Waals surface area contributed by atoms with Crippen molar-refractivity contribution in [1.82, 2.24) is 9.97 Å². The third kappa shape index (κ3) is 1.81. The lowest BCUT2D eigenvalue weighted by atomic mass is 10.1. The normalized spacial score (nSPS) is 10.3. The highest BCUT2D eigenvalue weighted by atomic mass is 16.1. The number of rotatable bonds is 2. The Balaban J connectivity index is 2.50. The van der Waals surface area contributed by atoms with E-state index in [1.165, 1.54) is 6.92 Å². The molecule has 15 heavy (non-hydrogen) atoms. The summed E-state index contributed by atoms with van der Waals surface area (Å²) in [5.41, 5.74) is 2.80. The van der Waals surface area contributed by atoms with Crippen LogP contribution in [0.2, 0.25) is 0 Å². The van der Waals surface area contributed by atoms with Crippen LogP contribution in [0.25, 0.3) is 11.3 Å². The number of benzene rings is 1. The summed E-state index contributed by atoms with van der Waals surface area (Å²) < 4.78 is 0. The minimum Gasteiger partial charge on any atom is -0.339 e. The molecular formula is C12H12N2O. The first kappa shape index (κ1) is 9.65. The van der Waals surface area contributed by atoms with E-state index in [-0.39, 0.29) is 5.78 Å². The Morgan fingerprint density at radius 3 is 2.47 bits per heavy atom. The van der Waals surface area contributed by atoms with E-state index >= 15 is 0 Å². The molecule has 0 saturated carbocycles. The predicted octanol–water partition coefficient (Wildman–Crippen LogP) is 2.59. The smallest absolute Gasteiger partial charge is 0.195 e. The van der Waals surface area contributed by atoms with Gasteiger partial charge in [-0.15, -0.1) is 0 Å². The van der Waals surface area contributed by atoms with Crippen molar-refractivity contribution in [3.63, 3.8) is 0 Å². The summed E-state index contributed by atoms with van der Waals surface area (Å²) in [4.78, 5) is 18.4. The molecule has 1 heterocycles. The number of H-pyrrole nitrogens is 1. The second-order valence-electron chi connectivity index (χ2n) is 3.48. The van der Waals surface area contributed by atoms with Gasteiger partial charge in [0.05, 0.1) is 5.69 Å². The van der Waals surface area contributed by atoms with Crippen LogP contribution in [0.3, 0.4) is 0 Å². The maximum absolute atomic E-state index is 11.1. The molecule has 1 aromatic carbocycles. The second-order valence-corrected chi connectivity index (χ2v) is 3.48. The van der Waals surface area contributed by atoms with E-state index in [0.29, 0.717) is 5.82 Å². The van der Waals surface area contributed by atoms with Crippen molar-refractivity contribution in [2.24, 2.45) is 0 Å². The third-order valence-corrected chi connectivity index (χ3v) is 2.27. The number of hydrogen-bond donors (Lipinski definition) is 1. The molecule has 0 unspecified atom stereocenters. The standard InChI is InChI=1S/C12H12N2O/c1-8-11(10-6-4-3-5-7-10)14-12(13-8)9(2)15/h3-7H,1-2H3,(H,13,14). The van der Waals surface area contributed by atoms with Gasteiger partial charge in [-0.1, -0.05) is 30.3 Å². The lowest BCUT2D eigenvalue weighted by Gasteiger charge is -1.96. The largest absolute Gasteiger partial charge is 0.339 e. The van der Waals surface area contributed by atoms with E-state index < -0.39 is 0 Å². The van der Waals surface area contributed by atoms with Gasteiger partial charge in [0.25, 0.3) is 0 Å². The highest BCUT2D eigenvalue weighted by Crippen LogP contribution is 2.20. The minimum atomic E-state index is -0.0414. The second kappa shape index (κ2) is 3.69. The Morgan fingerprint density at radius 1 is 1.27 bits per heavy atom. The number of aromatic nitrogens is 2. The van der Waals surface area contributed by atoms with Crippen molar-refractivity contribution >= 4 is 5.78 Å². The molecule has 3 heteroatoms. The van der Waals surface area contributed by atoms with Crippen molar-refractivity contribution in [2.45, 2.75) is 13.8 Å². The molecule has 1 N–H and O–H groups in total. The predicted molar refractivity (Wildman–Crippen MR) is 58.8 cm³/mol. The van der Waals surface area contributed by atoms with Gasteiger partial charge in [0.2, 0.25) is 0 Å². The van der Waals surface area contributed by atoms with E-state index in [4.69, 9.17) is 0 Å². The van der Waals surface area contributed by atoms with Gasteiger partial charge in [-0.3, -0.25) is 4.79 Å². The number of aryl methyl sites for hydroxylation is 1. The molecule has 0 aliphatic rings. The van der Waals surface area contributed by atoms with Crippen molar-refractivity contribution in [3.8, 4) is 11.3 Å². The number of nitrogens with one attached hydrogen (secondary N) is 1. The maximum atomic E-state index is 11.1. The van der Waals surface area contributed by atoms with Crippen molar-refractivity contribution in [3.05, 3.63) is 41.9 Å². The van der Waals surface area contributed by atoms with Crippen LogP contribution < -0.4 is 0 Å². The molecule has 3 nitrogen and oxygen atoms in total. The molecular weight excluding hydrogens is 188 g/mol. The molecule has 0 spiro atoms. The highest BCUT2D eigenvalue weighted by Gasteiger charge is 2.10. The van der Waals surface area contributed by atoms with Gasteiger partial charge in [-0.05, 0) is 6.92 Å². The minimum absolute atomic E-state index is 0.0414. The molecule has 0 bridgehead atoms. The zero-order valence-electron chi connectivity index (χ0n) is 8.74. The lowest BCUT2D eigenvalue weighted by Crippen LogP contribution is -1.94. The van der Waals surface area contributed by atoms with Gasteiger partial charge in [-0.2, -0.15) is 0 Å². The number of hydrogen-bond acceptors (Lipinski definition) is 2. The van der Waals surface area contributed by atoms with E-state index in [1.807, 2.05) is 37.3 Å². The summed E-state index contributed by atoms with van der Waals surface area (Å²) in [5, 5.41) is 0. The summed E-state index contributed by atoms with van der Waals surface area (Å²) in [6.07, 6.45) is 0. The average Bonchev–Trinajstić information content (AvgIpc) is 2.62. The van der Waals surface area contributed by atoms with Gasteiger partial charge in [0.1, 0.15) is 0 Å². The molecule has 2 rings (SSSR count). The quantitative estimate of drug-likeness (QED) is 0.757. The van der Waals surface area contributed by atoms with Gasteiger partial charge in [0, 0.05) is 18.2 Å². The molecule has 0 fully saturated rings. The fraction of sp³-hybridized carbons (Fsp3) is 0.167. The van der Waals surface area contributed by atoms with Crippen molar-refractivity contribution in [2.75, 3.05) is 0 Å². The first-order valence-corrected chi connectivity index (χ1v) is 4.81. The Labute approximate surface area is 88.2 Å². The van der Waals surface area contributed by atoms with Gasteiger partial charge in [-0.25, -0.2) is 4.98 Å². The topological polar surface area (TPSA) is 45.8 Å². The zero-order chi connectivity index (χ0) is 10.8. The number of aromatic amines is 1. The lowest BCUT2D eigenvalue weighted by molar-refractivity contribution is 0.100. The molecule has 0 radical (unpaired) electrons. The van der Waals surface area contributed by atoms with E-state index in [1.54, 1.807) is 0 Å². The average molecular weight is 200 g/mol. The Bertz CT molecular complexity index is 486. The summed E-state index contributed by atoms with van der Waals surface area (Å²) in [6, 6.07) is 9.82. The Hall–Kier alpha value is -1.90. The van der Waals surface area contributed by atoms with Crippen LogP contribution in [0, 0.1) is 6.92 Å². The Kier molecular flexibility index (Phi) is 2.37. The molecule has 0 amide bonds. The molecule has 76 valence electrons. The molecule has 2 aromatic rings. The van der Waals surface area contributed by atoms with E-state index in [9.17, 15) is 4.79 Å². The van der Waals surface area contributed by atoms with Gasteiger partial charge < -0.3 is 4.98 Å². The summed E-state index contributed by atoms with van der Waals surface area (Å²) in [7, 11) is 0. The highest BCUT2D eigenvalue weighted by molar-refractivity contribution is 5.91. The number of carbonyl (C=O) groups excluding carboxylic acids is 1. The van der Waals surface area contributed by atoms with Gasteiger partial charge >= 0.3 is 0 Å². The van der Waals surface area contributed by atoms with E-state index in [2.05, 4.69) is 9.97 Å². The molecule has 0 atom stereocenters. The van der Waals surface area contributed by atoms with Crippen LogP contribution in [-0.4, -0.2) is 15.8 Å². The first-order valence-electron chi connectivity index (χ1n) is 4.81. The SMILES string of the molecule is CC(=O)c1nc(-c2ccccc2)c(C)[nH]1. The fourth-order valence-corrected chi connectivity index (χ4v) is 1.50. The Morgan fingerprint density at radius 2 is 1.93 bits per heavy atom. The van der Waals surface area contributed by atoms with Crippen LogP contribution in [0.1, 0.15) is 23.2 Å². The van der Waals surface area contributed by atoms with Crippen LogP contribution >= 0.6 is 0 Å². The van der Waals surface area contributed by atoms with Crippen LogP contribution in [0.4, 0.5) is 0 Å². The maximum Gasteiger partial charge on any atom is 0.195 e. The molecule has 0 aliphatic heterocycles. The van der Waals surface area contributed by atoms with Crippen LogP contribution in [0.15, 0.2) is 30.3 Å². The number of imidazole rings is 1. The summed E-state index contributed by atoms with van der Waals surface area (Å²) in [6.45, 7) is 3.43. The van der Waals surface area contributed by atoms with Crippen molar-refractivity contribution in [1.29, 1.82) is 0 Å². The van der Waals surface area contributed by atoms with Gasteiger partial charge in [0.15, 0.2) is 11.6 Å². The number of carbonyl (C=O) groups is 1. The molecule has 1 aromatic heterocycles. The number of nitrogens with zero attached hydrogens (tertiary/aromatic N) is 1. The number of Topliss-reactive ketones (excluding diaryl/α,β-unsaturated/α-hetero) is 1. The number of ketones is 1. The molecule has 0 saturated heterocycles. The fourth-order valence-electron chi connectivity index (χ4n) is 1.50. The monoisotopic (exact) mass is 200 g/mol. The van der Waals surface area contributed by atoms with Crippen molar-refractivity contribution < 1.29 is 4.79 Å².